The molecule has 0 radical (unpaired) electrons. The Morgan fingerprint density at radius 1 is 1.59 bits per heavy atom. The van der Waals surface area contributed by atoms with Crippen LogP contribution in [0.4, 0.5) is 0 Å². The summed E-state index contributed by atoms with van der Waals surface area (Å²) in [6.07, 6.45) is 3.42. The Balaban J connectivity index is 2.21. The van der Waals surface area contributed by atoms with Crippen LogP contribution in [-0.4, -0.2) is 21.0 Å². The number of hydrogen-bond acceptors (Lipinski definition) is 4. The predicted octanol–water partition coefficient (Wildman–Crippen LogP) is 1.53. The fraction of sp³-hybridized carbons (Fsp3) is 0.583. The molecule has 5 nitrogen and oxygen atoms in total. The predicted molar refractivity (Wildman–Crippen MR) is 62.5 cm³/mol. The van der Waals surface area contributed by atoms with Crippen LogP contribution in [0.2, 0.25) is 0 Å². The Labute approximate surface area is 100 Å². The first-order chi connectivity index (χ1) is 8.06. The number of nitrogens with zero attached hydrogens (tertiary/aromatic N) is 2. The second-order valence-corrected chi connectivity index (χ2v) is 4.62. The number of hydrogen-bond donors (Lipinski definition) is 2. The van der Waals surface area contributed by atoms with E-state index in [0.29, 0.717) is 11.7 Å². The number of carbonyl (C=O) groups is 1. The van der Waals surface area contributed by atoms with Crippen LogP contribution < -0.4 is 5.73 Å². The third-order valence-corrected chi connectivity index (χ3v) is 3.14. The topological polar surface area (TPSA) is 89.1 Å². The minimum atomic E-state index is -0.923. The molecule has 1 aromatic heterocycles. The van der Waals surface area contributed by atoms with Crippen molar-refractivity contribution >= 4 is 5.97 Å². The van der Waals surface area contributed by atoms with Crippen molar-refractivity contribution in [1.29, 1.82) is 0 Å². The molecule has 0 aliphatic heterocycles. The minimum Gasteiger partial charge on any atom is -0.481 e. The van der Waals surface area contributed by atoms with Gasteiger partial charge in [-0.15, -0.1) is 0 Å². The largest absolute Gasteiger partial charge is 0.481 e. The van der Waals surface area contributed by atoms with Crippen LogP contribution in [0.1, 0.15) is 54.9 Å². The first kappa shape index (κ1) is 12.0. The van der Waals surface area contributed by atoms with E-state index in [-0.39, 0.29) is 6.42 Å². The second-order valence-electron chi connectivity index (χ2n) is 4.62. The molecule has 92 valence electrons. The molecular weight excluding hydrogens is 218 g/mol. The number of aryl methyl sites for hydroxylation is 1. The van der Waals surface area contributed by atoms with Crippen LogP contribution in [0, 0.1) is 6.92 Å². The number of aliphatic carboxylic acids is 1. The SMILES string of the molecule is Cc1cc(C2CCC2)nc(C(N)CC(=O)O)n1. The van der Waals surface area contributed by atoms with Crippen molar-refractivity contribution in [2.45, 2.75) is 44.6 Å². The molecule has 1 aliphatic rings. The van der Waals surface area contributed by atoms with Gasteiger partial charge < -0.3 is 10.8 Å². The highest BCUT2D eigenvalue weighted by Gasteiger charge is 2.23. The molecule has 1 atom stereocenters. The minimum absolute atomic E-state index is 0.131. The fourth-order valence-corrected chi connectivity index (χ4v) is 1.97. The van der Waals surface area contributed by atoms with E-state index < -0.39 is 12.0 Å². The smallest absolute Gasteiger partial charge is 0.305 e. The van der Waals surface area contributed by atoms with Crippen molar-refractivity contribution in [3.8, 4) is 0 Å². The second kappa shape index (κ2) is 4.79. The Morgan fingerprint density at radius 3 is 2.82 bits per heavy atom. The van der Waals surface area contributed by atoms with Crippen LogP contribution in [0.15, 0.2) is 6.07 Å². The Hall–Kier alpha value is -1.49. The van der Waals surface area contributed by atoms with Crippen LogP contribution in [-0.2, 0) is 4.79 Å². The van der Waals surface area contributed by atoms with Gasteiger partial charge in [-0.3, -0.25) is 4.79 Å². The van der Waals surface area contributed by atoms with Crippen molar-refractivity contribution in [2.75, 3.05) is 0 Å². The van der Waals surface area contributed by atoms with Gasteiger partial charge in [0.1, 0.15) is 5.82 Å². The highest BCUT2D eigenvalue weighted by molar-refractivity contribution is 5.67. The Kier molecular flexibility index (Phi) is 3.38. The molecule has 1 fully saturated rings. The van der Waals surface area contributed by atoms with E-state index >= 15 is 0 Å². The maximum atomic E-state index is 10.6. The summed E-state index contributed by atoms with van der Waals surface area (Å²) in [5.41, 5.74) is 7.66. The van der Waals surface area contributed by atoms with Crippen molar-refractivity contribution < 1.29 is 9.90 Å². The summed E-state index contributed by atoms with van der Waals surface area (Å²) in [5, 5.41) is 8.71. The summed E-state index contributed by atoms with van der Waals surface area (Å²) in [6.45, 7) is 1.89. The van der Waals surface area contributed by atoms with Crippen molar-refractivity contribution in [1.82, 2.24) is 9.97 Å². The van der Waals surface area contributed by atoms with Crippen molar-refractivity contribution in [3.05, 3.63) is 23.3 Å². The molecule has 0 bridgehead atoms. The third-order valence-electron chi connectivity index (χ3n) is 3.14. The first-order valence-corrected chi connectivity index (χ1v) is 5.89. The average Bonchev–Trinajstić information content (AvgIpc) is 2.12. The summed E-state index contributed by atoms with van der Waals surface area (Å²) < 4.78 is 0. The molecule has 3 N–H and O–H groups in total. The lowest BCUT2D eigenvalue weighted by molar-refractivity contribution is -0.137. The molecule has 1 aliphatic carbocycles. The average molecular weight is 235 g/mol. The van der Waals surface area contributed by atoms with Crippen LogP contribution in [0.3, 0.4) is 0 Å². The summed E-state index contributed by atoms with van der Waals surface area (Å²) >= 11 is 0. The van der Waals surface area contributed by atoms with E-state index in [2.05, 4.69) is 9.97 Å². The van der Waals surface area contributed by atoms with E-state index in [0.717, 1.165) is 24.2 Å². The van der Waals surface area contributed by atoms with Gasteiger partial charge in [-0.25, -0.2) is 9.97 Å². The quantitative estimate of drug-likeness (QED) is 0.826. The lowest BCUT2D eigenvalue weighted by atomic mass is 9.82. The highest BCUT2D eigenvalue weighted by Crippen LogP contribution is 2.35. The van der Waals surface area contributed by atoms with Crippen LogP contribution >= 0.6 is 0 Å². The molecule has 1 heterocycles. The lowest BCUT2D eigenvalue weighted by Gasteiger charge is -2.25. The molecule has 0 aromatic carbocycles. The number of nitrogens with two attached hydrogens (primary N) is 1. The zero-order valence-electron chi connectivity index (χ0n) is 9.89. The van der Waals surface area contributed by atoms with Gasteiger partial charge in [-0.1, -0.05) is 6.42 Å². The van der Waals surface area contributed by atoms with Gasteiger partial charge in [0.25, 0.3) is 0 Å². The zero-order valence-corrected chi connectivity index (χ0v) is 9.89. The molecule has 0 saturated heterocycles. The number of carboxylic acid groups (broad SMARTS) is 1. The summed E-state index contributed by atoms with van der Waals surface area (Å²) in [6, 6.07) is 1.35. The molecule has 1 aromatic rings. The maximum absolute atomic E-state index is 10.6. The van der Waals surface area contributed by atoms with Gasteiger partial charge >= 0.3 is 5.97 Å². The molecule has 17 heavy (non-hydrogen) atoms. The monoisotopic (exact) mass is 235 g/mol. The molecular formula is C12H17N3O2. The van der Waals surface area contributed by atoms with E-state index in [1.54, 1.807) is 0 Å². The number of rotatable bonds is 4. The third kappa shape index (κ3) is 2.79. The molecule has 1 saturated carbocycles. The molecule has 1 unspecified atom stereocenters. The molecule has 0 amide bonds. The molecule has 2 rings (SSSR count). The summed E-state index contributed by atoms with van der Waals surface area (Å²) in [7, 11) is 0. The summed E-state index contributed by atoms with van der Waals surface area (Å²) in [4.78, 5) is 19.3. The normalized spacial score (nSPS) is 17.5. The Bertz CT molecular complexity index is 430. The molecule has 0 spiro atoms. The van der Waals surface area contributed by atoms with Crippen molar-refractivity contribution in [3.63, 3.8) is 0 Å². The zero-order chi connectivity index (χ0) is 12.4. The maximum Gasteiger partial charge on any atom is 0.305 e. The van der Waals surface area contributed by atoms with Crippen molar-refractivity contribution in [2.24, 2.45) is 5.73 Å². The van der Waals surface area contributed by atoms with Gasteiger partial charge in [0, 0.05) is 17.3 Å². The summed E-state index contributed by atoms with van der Waals surface area (Å²) in [5.74, 6) is 0.0366. The first-order valence-electron chi connectivity index (χ1n) is 5.89. The number of carboxylic acids is 1. The highest BCUT2D eigenvalue weighted by atomic mass is 16.4. The lowest BCUT2D eigenvalue weighted by Crippen LogP contribution is -2.20. The van der Waals surface area contributed by atoms with Gasteiger partial charge in [-0.2, -0.15) is 0 Å². The Morgan fingerprint density at radius 2 is 2.29 bits per heavy atom. The van der Waals surface area contributed by atoms with E-state index in [1.165, 1.54) is 6.42 Å². The van der Waals surface area contributed by atoms with E-state index in [1.807, 2.05) is 13.0 Å². The molecule has 5 heteroatoms. The standard InChI is InChI=1S/C12H17N3O2/c1-7-5-10(8-3-2-4-8)15-12(14-7)9(13)6-11(16)17/h5,8-9H,2-4,6,13H2,1H3,(H,16,17). The van der Waals surface area contributed by atoms with E-state index in [9.17, 15) is 4.79 Å². The van der Waals surface area contributed by atoms with Crippen LogP contribution in [0.5, 0.6) is 0 Å². The number of aromatic nitrogens is 2. The van der Waals surface area contributed by atoms with Gasteiger partial charge in [0.2, 0.25) is 0 Å². The van der Waals surface area contributed by atoms with Gasteiger partial charge in [0.05, 0.1) is 12.5 Å². The van der Waals surface area contributed by atoms with Crippen LogP contribution in [0.25, 0.3) is 0 Å². The van der Waals surface area contributed by atoms with Gasteiger partial charge in [-0.05, 0) is 25.8 Å². The fourth-order valence-electron chi connectivity index (χ4n) is 1.97. The van der Waals surface area contributed by atoms with E-state index in [4.69, 9.17) is 10.8 Å². The van der Waals surface area contributed by atoms with Gasteiger partial charge in [0.15, 0.2) is 0 Å².